The van der Waals surface area contributed by atoms with Crippen molar-refractivity contribution in [3.05, 3.63) is 71.8 Å². The van der Waals surface area contributed by atoms with Gasteiger partial charge < -0.3 is 19.3 Å². The van der Waals surface area contributed by atoms with Gasteiger partial charge in [0.15, 0.2) is 0 Å². The van der Waals surface area contributed by atoms with Crippen LogP contribution in [-0.2, 0) is 28.7 Å². The van der Waals surface area contributed by atoms with Crippen LogP contribution in [0.4, 0.5) is 0 Å². The Morgan fingerprint density at radius 3 is 1.63 bits per heavy atom. The van der Waals surface area contributed by atoms with Crippen molar-refractivity contribution in [1.82, 2.24) is 9.80 Å². The van der Waals surface area contributed by atoms with Gasteiger partial charge in [-0.1, -0.05) is 74.0 Å². The van der Waals surface area contributed by atoms with Crippen molar-refractivity contribution in [3.63, 3.8) is 0 Å². The molecule has 49 heavy (non-hydrogen) atoms. The van der Waals surface area contributed by atoms with E-state index in [-0.39, 0.29) is 41.8 Å². The standard InChI is InChI=1S/C21H31NO3.C20H27NO3/c1-7-11-17-18(23)22(15(2)16-12-9-8-10-13-16)14-21(17,6)19(24)25-20(3,4)5;1-14(15-9-7-6-8-10-15)21-13-19(5,17(23)24-18(2,3)4)20(11-12-20)16(21)22/h8-10,12-13,15,17H,7,11,14H2,1-6H3;6-10,14H,11-13H2,1-5H3/t15-,17?,21-;14-,19+/m11/s1. The van der Waals surface area contributed by atoms with Crippen LogP contribution < -0.4 is 0 Å². The molecular weight excluding hydrogens is 616 g/mol. The van der Waals surface area contributed by atoms with Gasteiger partial charge in [-0.2, -0.15) is 0 Å². The Morgan fingerprint density at radius 2 is 1.20 bits per heavy atom. The van der Waals surface area contributed by atoms with Crippen LogP contribution in [0.15, 0.2) is 60.7 Å². The van der Waals surface area contributed by atoms with Crippen molar-refractivity contribution < 1.29 is 28.7 Å². The van der Waals surface area contributed by atoms with Crippen molar-refractivity contribution >= 4 is 23.8 Å². The third-order valence-electron chi connectivity index (χ3n) is 10.6. The van der Waals surface area contributed by atoms with Crippen LogP contribution in [0.5, 0.6) is 0 Å². The maximum atomic E-state index is 13.1. The second kappa shape index (κ2) is 13.9. The van der Waals surface area contributed by atoms with E-state index < -0.39 is 27.4 Å². The monoisotopic (exact) mass is 674 g/mol. The Morgan fingerprint density at radius 1 is 0.755 bits per heavy atom. The predicted molar refractivity (Wildman–Crippen MR) is 191 cm³/mol. The van der Waals surface area contributed by atoms with E-state index in [4.69, 9.17) is 9.47 Å². The molecule has 2 saturated heterocycles. The van der Waals surface area contributed by atoms with Gasteiger partial charge in [-0.15, -0.1) is 0 Å². The molecule has 2 aromatic carbocycles. The van der Waals surface area contributed by atoms with Crippen molar-refractivity contribution in [2.24, 2.45) is 22.2 Å². The summed E-state index contributed by atoms with van der Waals surface area (Å²) in [6.07, 6.45) is 3.12. The molecule has 2 amide bonds. The van der Waals surface area contributed by atoms with Crippen molar-refractivity contribution in [3.8, 4) is 0 Å². The SMILES string of the molecule is CCCC1C(=O)N([C@H](C)c2ccccc2)C[C@@]1(C)C(=O)OC(C)(C)C.C[C@H](c1ccccc1)N1C[C@@](C)(C(=O)OC(C)(C)C)C2(CC2)C1=O. The molecule has 3 aliphatic rings. The van der Waals surface area contributed by atoms with Crippen LogP contribution in [0, 0.1) is 22.2 Å². The van der Waals surface area contributed by atoms with Gasteiger partial charge in [-0.05, 0) is 99.6 Å². The number of benzene rings is 2. The molecule has 5 atom stereocenters. The van der Waals surface area contributed by atoms with E-state index in [0.29, 0.717) is 19.5 Å². The molecular formula is C41H58N2O6. The van der Waals surface area contributed by atoms with Crippen LogP contribution in [0.2, 0.25) is 0 Å². The molecule has 2 aliphatic heterocycles. The molecule has 1 saturated carbocycles. The first-order valence-electron chi connectivity index (χ1n) is 17.9. The second-order valence-corrected chi connectivity index (χ2v) is 16.7. The lowest BCUT2D eigenvalue weighted by atomic mass is 9.76. The summed E-state index contributed by atoms with van der Waals surface area (Å²) in [5.41, 5.74) is -1.05. The van der Waals surface area contributed by atoms with Gasteiger partial charge in [0.1, 0.15) is 11.2 Å². The zero-order valence-electron chi connectivity index (χ0n) is 31.6. The Labute approximate surface area is 293 Å². The minimum Gasteiger partial charge on any atom is -0.459 e. The van der Waals surface area contributed by atoms with Crippen LogP contribution in [0.25, 0.3) is 0 Å². The quantitative estimate of drug-likeness (QED) is 0.263. The smallest absolute Gasteiger partial charge is 0.315 e. The first-order valence-corrected chi connectivity index (χ1v) is 17.9. The fourth-order valence-electron chi connectivity index (χ4n) is 7.43. The average Bonchev–Trinajstić information content (AvgIpc) is 3.77. The number of amides is 2. The molecule has 5 rings (SSSR count). The summed E-state index contributed by atoms with van der Waals surface area (Å²) in [6.45, 7) is 21.9. The zero-order chi connectivity index (χ0) is 36.6. The molecule has 2 aromatic rings. The Bertz CT molecular complexity index is 1510. The van der Waals surface area contributed by atoms with E-state index in [0.717, 1.165) is 30.4 Å². The van der Waals surface area contributed by atoms with Gasteiger partial charge in [-0.25, -0.2) is 0 Å². The summed E-state index contributed by atoms with van der Waals surface area (Å²) in [5, 5.41) is 0. The molecule has 0 N–H and O–H groups in total. The van der Waals surface area contributed by atoms with Crippen LogP contribution >= 0.6 is 0 Å². The summed E-state index contributed by atoms with van der Waals surface area (Å²) in [4.78, 5) is 55.7. The topological polar surface area (TPSA) is 93.2 Å². The van der Waals surface area contributed by atoms with Crippen molar-refractivity contribution in [2.45, 2.75) is 125 Å². The minimum absolute atomic E-state index is 0.0413. The molecule has 1 aliphatic carbocycles. The molecule has 8 nitrogen and oxygen atoms in total. The highest BCUT2D eigenvalue weighted by Gasteiger charge is 2.72. The van der Waals surface area contributed by atoms with Gasteiger partial charge in [0.05, 0.1) is 34.2 Å². The van der Waals surface area contributed by atoms with Gasteiger partial charge in [-0.3, -0.25) is 19.2 Å². The predicted octanol–water partition coefficient (Wildman–Crippen LogP) is 8.07. The van der Waals surface area contributed by atoms with Gasteiger partial charge >= 0.3 is 11.9 Å². The third kappa shape index (κ3) is 7.73. The Kier molecular flexibility index (Phi) is 10.8. The molecule has 0 bridgehead atoms. The number of hydrogen-bond donors (Lipinski definition) is 0. The maximum Gasteiger partial charge on any atom is 0.315 e. The fourth-order valence-corrected chi connectivity index (χ4v) is 7.43. The number of carbonyl (C=O) groups is 4. The third-order valence-corrected chi connectivity index (χ3v) is 10.6. The number of ether oxygens (including phenoxy) is 2. The molecule has 1 unspecified atom stereocenters. The average molecular weight is 675 g/mol. The number of esters is 2. The van der Waals surface area contributed by atoms with Gasteiger partial charge in [0.2, 0.25) is 11.8 Å². The molecule has 0 radical (unpaired) electrons. The molecule has 0 aromatic heterocycles. The van der Waals surface area contributed by atoms with Crippen LogP contribution in [0.3, 0.4) is 0 Å². The van der Waals surface area contributed by atoms with E-state index >= 15 is 0 Å². The molecule has 8 heteroatoms. The van der Waals surface area contributed by atoms with Crippen LogP contribution in [0.1, 0.15) is 125 Å². The van der Waals surface area contributed by atoms with Gasteiger partial charge in [0, 0.05) is 13.1 Å². The van der Waals surface area contributed by atoms with E-state index in [1.165, 1.54) is 0 Å². The van der Waals surface area contributed by atoms with E-state index in [1.807, 2.05) is 147 Å². The Balaban J connectivity index is 0.000000221. The normalized spacial score (nSPS) is 25.8. The first kappa shape index (κ1) is 38.1. The summed E-state index contributed by atoms with van der Waals surface area (Å²) < 4.78 is 11.3. The molecule has 1 spiro atoms. The summed E-state index contributed by atoms with van der Waals surface area (Å²) in [6, 6.07) is 19.8. The summed E-state index contributed by atoms with van der Waals surface area (Å²) >= 11 is 0. The lowest BCUT2D eigenvalue weighted by Gasteiger charge is -2.31. The van der Waals surface area contributed by atoms with E-state index in [2.05, 4.69) is 0 Å². The van der Waals surface area contributed by atoms with E-state index in [1.54, 1.807) is 0 Å². The highest BCUT2D eigenvalue weighted by atomic mass is 16.6. The number of nitrogens with zero attached hydrogens (tertiary/aromatic N) is 2. The zero-order valence-corrected chi connectivity index (χ0v) is 31.6. The first-order chi connectivity index (χ1) is 22.7. The fraction of sp³-hybridized carbons (Fsp3) is 0.610. The summed E-state index contributed by atoms with van der Waals surface area (Å²) in [7, 11) is 0. The minimum atomic E-state index is -0.802. The van der Waals surface area contributed by atoms with E-state index in [9.17, 15) is 19.2 Å². The largest absolute Gasteiger partial charge is 0.459 e. The lowest BCUT2D eigenvalue weighted by molar-refractivity contribution is -0.170. The van der Waals surface area contributed by atoms with Crippen molar-refractivity contribution in [2.75, 3.05) is 13.1 Å². The van der Waals surface area contributed by atoms with Gasteiger partial charge in [0.25, 0.3) is 0 Å². The highest BCUT2D eigenvalue weighted by molar-refractivity contribution is 5.97. The summed E-state index contributed by atoms with van der Waals surface area (Å²) in [5.74, 6) is -0.671. The maximum absolute atomic E-state index is 13.1. The van der Waals surface area contributed by atoms with Crippen molar-refractivity contribution in [1.29, 1.82) is 0 Å². The molecule has 3 fully saturated rings. The number of likely N-dealkylation sites (tertiary alicyclic amines) is 2. The molecule has 268 valence electrons. The molecule has 2 heterocycles. The number of hydrogen-bond acceptors (Lipinski definition) is 6. The number of rotatable bonds is 8. The lowest BCUT2D eigenvalue weighted by Crippen LogP contribution is -2.42. The second-order valence-electron chi connectivity index (χ2n) is 16.7. The Hall–Kier alpha value is -3.68. The highest BCUT2D eigenvalue weighted by Crippen LogP contribution is 2.65. The van der Waals surface area contributed by atoms with Crippen LogP contribution in [-0.4, -0.2) is 57.8 Å². The number of carbonyl (C=O) groups excluding carboxylic acids is 4.